The van der Waals surface area contributed by atoms with Gasteiger partial charge in [-0.3, -0.25) is 9.78 Å². The van der Waals surface area contributed by atoms with Gasteiger partial charge in [-0.25, -0.2) is 13.2 Å². The second-order valence-electron chi connectivity index (χ2n) is 6.60. The van der Waals surface area contributed by atoms with Crippen molar-refractivity contribution in [3.05, 3.63) is 77.5 Å². The van der Waals surface area contributed by atoms with Crippen molar-refractivity contribution < 1.29 is 22.5 Å². The number of anilines is 1. The van der Waals surface area contributed by atoms with Crippen molar-refractivity contribution in [1.82, 2.24) is 10.1 Å². The smallest absolute Gasteiger partial charge is 0.222 e. The highest BCUT2D eigenvalue weighted by molar-refractivity contribution is 6.38. The number of pyridine rings is 1. The predicted molar refractivity (Wildman–Crippen MR) is 110 cm³/mol. The summed E-state index contributed by atoms with van der Waals surface area (Å²) in [6.45, 7) is 1.42. The van der Waals surface area contributed by atoms with Crippen LogP contribution in [0.1, 0.15) is 6.92 Å². The van der Waals surface area contributed by atoms with Crippen LogP contribution in [0.3, 0.4) is 0 Å². The maximum absolute atomic E-state index is 13.5. The van der Waals surface area contributed by atoms with Crippen LogP contribution in [0.25, 0.3) is 33.4 Å². The van der Waals surface area contributed by atoms with Gasteiger partial charge < -0.3 is 9.84 Å². The van der Waals surface area contributed by atoms with Crippen molar-refractivity contribution in [2.24, 2.45) is 0 Å². The van der Waals surface area contributed by atoms with Crippen LogP contribution in [0.15, 0.2) is 59.6 Å². The van der Waals surface area contributed by atoms with Crippen molar-refractivity contribution in [3.8, 4) is 33.4 Å². The minimum atomic E-state index is -1.47. The van der Waals surface area contributed by atoms with Crippen molar-refractivity contribution >= 4 is 23.3 Å². The number of rotatable bonds is 3. The molecular weight excluding hydrogens is 431 g/mol. The zero-order valence-corrected chi connectivity index (χ0v) is 16.7. The van der Waals surface area contributed by atoms with Crippen LogP contribution in [-0.2, 0) is 4.79 Å². The van der Waals surface area contributed by atoms with Crippen molar-refractivity contribution in [2.75, 3.05) is 5.32 Å². The van der Waals surface area contributed by atoms with Gasteiger partial charge in [0.2, 0.25) is 5.91 Å². The first-order valence-corrected chi connectivity index (χ1v) is 9.34. The molecular formula is C22H13ClF3N3O2. The molecule has 9 heteroatoms. The molecule has 5 nitrogen and oxygen atoms in total. The van der Waals surface area contributed by atoms with Gasteiger partial charge in [0.25, 0.3) is 0 Å². The van der Waals surface area contributed by atoms with E-state index in [-0.39, 0.29) is 11.5 Å². The van der Waals surface area contributed by atoms with Gasteiger partial charge in [0.1, 0.15) is 6.26 Å². The van der Waals surface area contributed by atoms with Gasteiger partial charge >= 0.3 is 0 Å². The van der Waals surface area contributed by atoms with E-state index < -0.39 is 17.5 Å². The molecule has 1 amide bonds. The molecule has 2 heterocycles. The number of benzene rings is 2. The molecule has 31 heavy (non-hydrogen) atoms. The summed E-state index contributed by atoms with van der Waals surface area (Å²) in [5, 5.41) is 6.68. The van der Waals surface area contributed by atoms with E-state index in [0.29, 0.717) is 16.4 Å². The van der Waals surface area contributed by atoms with Crippen molar-refractivity contribution in [2.45, 2.75) is 6.92 Å². The molecule has 0 saturated carbocycles. The summed E-state index contributed by atoms with van der Waals surface area (Å²) >= 11 is 5.95. The summed E-state index contributed by atoms with van der Waals surface area (Å²) in [4.78, 5) is 14.8. The van der Waals surface area contributed by atoms with Gasteiger partial charge in [0, 0.05) is 36.0 Å². The lowest BCUT2D eigenvalue weighted by Gasteiger charge is -2.03. The second-order valence-corrected chi connectivity index (χ2v) is 6.98. The minimum absolute atomic E-state index is 0.00972. The quantitative estimate of drug-likeness (QED) is 0.342. The average Bonchev–Trinajstić information content (AvgIpc) is 3.26. The third kappa shape index (κ3) is 4.15. The Bertz CT molecular complexity index is 1290. The summed E-state index contributed by atoms with van der Waals surface area (Å²) in [6.07, 6.45) is 4.82. The molecule has 2 aliphatic rings. The van der Waals surface area contributed by atoms with Crippen LogP contribution in [-0.4, -0.2) is 16.0 Å². The van der Waals surface area contributed by atoms with Crippen LogP contribution < -0.4 is 5.32 Å². The minimum Gasteiger partial charge on any atom is -0.362 e. The first-order valence-electron chi connectivity index (χ1n) is 8.97. The fraction of sp³-hybridized carbons (Fsp3) is 0.0455. The summed E-state index contributed by atoms with van der Waals surface area (Å²) in [6, 6.07) is 9.21. The molecule has 0 saturated heterocycles. The van der Waals surface area contributed by atoms with Gasteiger partial charge in [-0.05, 0) is 47.5 Å². The van der Waals surface area contributed by atoms with E-state index in [1.165, 1.54) is 19.3 Å². The molecule has 0 radical (unpaired) electrons. The van der Waals surface area contributed by atoms with E-state index in [1.54, 1.807) is 18.5 Å². The van der Waals surface area contributed by atoms with Crippen LogP contribution in [0, 0.1) is 17.5 Å². The highest BCUT2D eigenvalue weighted by Gasteiger charge is 2.25. The fourth-order valence-corrected chi connectivity index (χ4v) is 3.27. The van der Waals surface area contributed by atoms with E-state index in [4.69, 9.17) is 16.1 Å². The maximum Gasteiger partial charge on any atom is 0.222 e. The third-order valence-electron chi connectivity index (χ3n) is 4.48. The molecule has 0 aliphatic heterocycles. The first kappa shape index (κ1) is 20.6. The van der Waals surface area contributed by atoms with Crippen molar-refractivity contribution in [1.29, 1.82) is 0 Å². The number of carbonyl (C=O) groups excluding carboxylic acids is 1. The van der Waals surface area contributed by atoms with Crippen molar-refractivity contribution in [3.63, 3.8) is 0 Å². The third-order valence-corrected chi connectivity index (χ3v) is 4.89. The average molecular weight is 444 g/mol. The number of nitrogens with one attached hydrogen (secondary N) is 1. The van der Waals surface area contributed by atoms with E-state index in [2.05, 4.69) is 15.5 Å². The van der Waals surface area contributed by atoms with Gasteiger partial charge in [0.15, 0.2) is 23.3 Å². The molecule has 0 unspecified atom stereocenters. The summed E-state index contributed by atoms with van der Waals surface area (Å²) in [5.41, 5.74) is 3.81. The van der Waals surface area contributed by atoms with Gasteiger partial charge in [0.05, 0.1) is 10.6 Å². The number of aromatic nitrogens is 2. The number of fused-ring (bicyclic) bond motifs is 1. The number of nitrogens with zero attached hydrogens (tertiary/aromatic N) is 2. The van der Waals surface area contributed by atoms with Gasteiger partial charge in [-0.2, -0.15) is 0 Å². The Kier molecular flexibility index (Phi) is 5.48. The molecule has 1 aromatic carbocycles. The monoisotopic (exact) mass is 443 g/mol. The molecule has 2 aliphatic carbocycles. The van der Waals surface area contributed by atoms with Crippen LogP contribution in [0.4, 0.5) is 19.0 Å². The number of hydrogen-bond acceptors (Lipinski definition) is 4. The normalized spacial score (nSPS) is 10.9. The second kappa shape index (κ2) is 8.23. The lowest BCUT2D eigenvalue weighted by molar-refractivity contribution is -0.114. The van der Waals surface area contributed by atoms with Gasteiger partial charge in [-0.15, -0.1) is 0 Å². The lowest BCUT2D eigenvalue weighted by atomic mass is 10.1. The Labute approximate surface area is 179 Å². The number of amides is 1. The Morgan fingerprint density at radius 3 is 2.29 bits per heavy atom. The predicted octanol–water partition coefficient (Wildman–Crippen LogP) is 6.10. The summed E-state index contributed by atoms with van der Waals surface area (Å²) in [7, 11) is 0. The molecule has 0 spiro atoms. The van der Waals surface area contributed by atoms with E-state index in [9.17, 15) is 18.0 Å². The molecule has 1 N–H and O–H groups in total. The Hall–Kier alpha value is -3.65. The SMILES string of the molecule is CC(=O)Nc1nocc1-c1ccncc1.Fc1ccc(-c2cc3cc-3c2Cl)c(F)c1F. The fourth-order valence-electron chi connectivity index (χ4n) is 2.95. The first-order chi connectivity index (χ1) is 14.9. The standard InChI is InChI=1S/C12H4ClF3.C10H9N3O2/c13-10-7-3-5(7)4-8(10)6-1-2-9(14)12(16)11(6)15;1-7(14)12-10-9(6-15-13-10)8-2-4-11-5-3-8/h1-4H;2-6H,1H3,(H,12,13,14). The molecule has 0 fully saturated rings. The Morgan fingerprint density at radius 2 is 1.65 bits per heavy atom. The molecule has 5 rings (SSSR count). The molecule has 2 aromatic heterocycles. The topological polar surface area (TPSA) is 68.0 Å². The Morgan fingerprint density at radius 1 is 0.935 bits per heavy atom. The Balaban J connectivity index is 0.000000150. The largest absolute Gasteiger partial charge is 0.362 e. The molecule has 0 atom stereocenters. The van der Waals surface area contributed by atoms with E-state index >= 15 is 0 Å². The number of carbonyl (C=O) groups is 1. The van der Waals surface area contributed by atoms with Crippen LogP contribution >= 0.6 is 11.6 Å². The maximum atomic E-state index is 13.5. The zero-order chi connectivity index (χ0) is 22.1. The zero-order valence-electron chi connectivity index (χ0n) is 15.9. The lowest BCUT2D eigenvalue weighted by Crippen LogP contribution is -2.06. The highest BCUT2D eigenvalue weighted by atomic mass is 35.5. The molecule has 3 aromatic rings. The van der Waals surface area contributed by atoms with Crippen LogP contribution in [0.2, 0.25) is 5.02 Å². The number of hydrogen-bond donors (Lipinski definition) is 1. The van der Waals surface area contributed by atoms with E-state index in [1.807, 2.05) is 18.2 Å². The summed E-state index contributed by atoms with van der Waals surface area (Å²) < 4.78 is 44.1. The number of halogens is 4. The molecule has 0 bridgehead atoms. The van der Waals surface area contributed by atoms with Gasteiger partial charge in [-0.1, -0.05) is 16.8 Å². The summed E-state index contributed by atoms with van der Waals surface area (Å²) in [5.74, 6) is -3.63. The van der Waals surface area contributed by atoms with E-state index in [0.717, 1.165) is 28.3 Å². The van der Waals surface area contributed by atoms with Crippen LogP contribution in [0.5, 0.6) is 0 Å². The molecule has 156 valence electrons. The highest BCUT2D eigenvalue weighted by Crippen LogP contribution is 2.49.